The number of Topliss-reactive ketones (excluding diaryl/α,β-unsaturated/α-hetero) is 3. The fraction of sp³-hybridized carbons (Fsp3) is 0.500. The van der Waals surface area contributed by atoms with Crippen molar-refractivity contribution < 1.29 is 14.4 Å². The van der Waals surface area contributed by atoms with Crippen LogP contribution in [0.15, 0.2) is 12.1 Å². The largest absolute Gasteiger partial charge is 0.294 e. The van der Waals surface area contributed by atoms with Gasteiger partial charge in [-0.25, -0.2) is 0 Å². The molecule has 0 amide bonds. The third kappa shape index (κ3) is 4.92. The van der Waals surface area contributed by atoms with Crippen molar-refractivity contribution in [2.24, 2.45) is 0 Å². The predicted octanol–water partition coefficient (Wildman–Crippen LogP) is 4.44. The number of hydrogen-bond acceptors (Lipinski definition) is 3. The van der Waals surface area contributed by atoms with E-state index in [2.05, 4.69) is 6.07 Å². The van der Waals surface area contributed by atoms with Crippen LogP contribution in [0.2, 0.25) is 0 Å². The van der Waals surface area contributed by atoms with E-state index in [4.69, 9.17) is 0 Å². The fourth-order valence-electron chi connectivity index (χ4n) is 2.13. The molecule has 113 valence electrons. The Balaban J connectivity index is 3.22. The van der Waals surface area contributed by atoms with Crippen LogP contribution in [-0.2, 0) is 0 Å². The maximum Gasteiger partial charge on any atom is 0.163 e. The lowest BCUT2D eigenvalue weighted by atomic mass is 9.95. The molecule has 1 radical (unpaired) electrons. The second-order valence-corrected chi connectivity index (χ2v) is 5.22. The van der Waals surface area contributed by atoms with Gasteiger partial charge in [-0.2, -0.15) is 0 Å². The first kappa shape index (κ1) is 17.3. The summed E-state index contributed by atoms with van der Waals surface area (Å²) in [5, 5.41) is 0. The van der Waals surface area contributed by atoms with Crippen LogP contribution >= 0.6 is 0 Å². The number of carbonyl (C=O) groups is 3. The molecule has 0 saturated heterocycles. The Kier molecular flexibility index (Phi) is 7.00. The maximum absolute atomic E-state index is 12.1. The molecule has 1 aromatic rings. The van der Waals surface area contributed by atoms with E-state index in [0.29, 0.717) is 36.0 Å². The molecule has 0 bridgehead atoms. The topological polar surface area (TPSA) is 51.2 Å². The molecular formula is C18H23O3. The highest BCUT2D eigenvalue weighted by Crippen LogP contribution is 2.16. The SMILES string of the molecule is CCCC(=O)c1[c]c(C(=O)CCC)cc(C(=O)CCC)c1. The third-order valence-corrected chi connectivity index (χ3v) is 3.22. The van der Waals surface area contributed by atoms with Crippen LogP contribution in [0.3, 0.4) is 0 Å². The third-order valence-electron chi connectivity index (χ3n) is 3.22. The van der Waals surface area contributed by atoms with E-state index in [1.54, 1.807) is 12.1 Å². The molecule has 1 rings (SSSR count). The van der Waals surface area contributed by atoms with Crippen molar-refractivity contribution >= 4 is 17.3 Å². The summed E-state index contributed by atoms with van der Waals surface area (Å²) in [5.41, 5.74) is 1.17. The minimum absolute atomic E-state index is 0.0254. The van der Waals surface area contributed by atoms with Crippen LogP contribution in [0.5, 0.6) is 0 Å². The Morgan fingerprint density at radius 1 is 0.762 bits per heavy atom. The normalized spacial score (nSPS) is 10.4. The van der Waals surface area contributed by atoms with Gasteiger partial charge >= 0.3 is 0 Å². The van der Waals surface area contributed by atoms with Gasteiger partial charge in [-0.05, 0) is 31.4 Å². The van der Waals surface area contributed by atoms with E-state index < -0.39 is 0 Å². The average Bonchev–Trinajstić information content (AvgIpc) is 2.47. The Morgan fingerprint density at radius 3 is 1.52 bits per heavy atom. The standard InChI is InChI=1S/C18H23O3/c1-4-7-16(19)13-10-14(17(20)8-5-2)12-15(11-13)18(21)9-6-3/h10-11H,4-9H2,1-3H3. The molecule has 0 spiro atoms. The summed E-state index contributed by atoms with van der Waals surface area (Å²) >= 11 is 0. The number of ketones is 3. The molecule has 21 heavy (non-hydrogen) atoms. The molecule has 0 heterocycles. The highest BCUT2D eigenvalue weighted by atomic mass is 16.1. The molecule has 0 atom stereocenters. The second-order valence-electron chi connectivity index (χ2n) is 5.22. The van der Waals surface area contributed by atoms with Gasteiger partial charge in [-0.15, -0.1) is 0 Å². The van der Waals surface area contributed by atoms with Crippen molar-refractivity contribution in [2.75, 3.05) is 0 Å². The molecule has 0 N–H and O–H groups in total. The lowest BCUT2D eigenvalue weighted by molar-refractivity contribution is 0.0980. The van der Waals surface area contributed by atoms with Crippen LogP contribution < -0.4 is 0 Å². The zero-order valence-corrected chi connectivity index (χ0v) is 13.1. The minimum Gasteiger partial charge on any atom is -0.294 e. The minimum atomic E-state index is -0.0609. The molecule has 3 nitrogen and oxygen atoms in total. The zero-order valence-electron chi connectivity index (χ0n) is 13.1. The molecule has 0 unspecified atom stereocenters. The van der Waals surface area contributed by atoms with Gasteiger partial charge in [0, 0.05) is 42.0 Å². The van der Waals surface area contributed by atoms with E-state index in [9.17, 15) is 14.4 Å². The number of carbonyl (C=O) groups excluding carboxylic acids is 3. The maximum atomic E-state index is 12.1. The predicted molar refractivity (Wildman–Crippen MR) is 83.0 cm³/mol. The van der Waals surface area contributed by atoms with Crippen LogP contribution in [0.1, 0.15) is 90.4 Å². The summed E-state index contributed by atoms with van der Waals surface area (Å²) in [6.07, 6.45) is 3.45. The van der Waals surface area contributed by atoms with Gasteiger partial charge in [-0.3, -0.25) is 14.4 Å². The van der Waals surface area contributed by atoms with E-state index in [1.807, 2.05) is 20.8 Å². The van der Waals surface area contributed by atoms with E-state index >= 15 is 0 Å². The second kappa shape index (κ2) is 8.50. The van der Waals surface area contributed by atoms with Crippen molar-refractivity contribution in [1.29, 1.82) is 0 Å². The first-order valence-electron chi connectivity index (χ1n) is 7.70. The van der Waals surface area contributed by atoms with Gasteiger partial charge < -0.3 is 0 Å². The van der Waals surface area contributed by atoms with Gasteiger partial charge in [0.25, 0.3) is 0 Å². The van der Waals surface area contributed by atoms with E-state index in [0.717, 1.165) is 19.3 Å². The summed E-state index contributed by atoms with van der Waals surface area (Å²) in [5.74, 6) is -0.147. The van der Waals surface area contributed by atoms with Crippen molar-refractivity contribution in [1.82, 2.24) is 0 Å². The van der Waals surface area contributed by atoms with Crippen LogP contribution in [0, 0.1) is 6.07 Å². The molecular weight excluding hydrogens is 264 g/mol. The van der Waals surface area contributed by atoms with Crippen molar-refractivity contribution in [3.63, 3.8) is 0 Å². The summed E-state index contributed by atoms with van der Waals surface area (Å²) in [6.45, 7) is 5.78. The van der Waals surface area contributed by atoms with Gasteiger partial charge in [-0.1, -0.05) is 20.8 Å². The van der Waals surface area contributed by atoms with Gasteiger partial charge in [0.2, 0.25) is 0 Å². The summed E-state index contributed by atoms with van der Waals surface area (Å²) in [6, 6.07) is 6.06. The Morgan fingerprint density at radius 2 is 1.14 bits per heavy atom. The summed E-state index contributed by atoms with van der Waals surface area (Å²) in [7, 11) is 0. The monoisotopic (exact) mass is 287 g/mol. The van der Waals surface area contributed by atoms with E-state index in [1.165, 1.54) is 0 Å². The van der Waals surface area contributed by atoms with Crippen molar-refractivity contribution in [3.8, 4) is 0 Å². The number of hydrogen-bond donors (Lipinski definition) is 0. The fourth-order valence-corrected chi connectivity index (χ4v) is 2.13. The molecule has 0 aliphatic rings. The van der Waals surface area contributed by atoms with Crippen LogP contribution in [0.25, 0.3) is 0 Å². The molecule has 1 aromatic carbocycles. The highest BCUT2D eigenvalue weighted by molar-refractivity contribution is 6.05. The lowest BCUT2D eigenvalue weighted by Crippen LogP contribution is -2.08. The van der Waals surface area contributed by atoms with Crippen molar-refractivity contribution in [2.45, 2.75) is 59.3 Å². The molecule has 3 heteroatoms. The summed E-state index contributed by atoms with van der Waals surface area (Å²) < 4.78 is 0. The average molecular weight is 287 g/mol. The van der Waals surface area contributed by atoms with Crippen LogP contribution in [0.4, 0.5) is 0 Å². The molecule has 0 aliphatic carbocycles. The number of benzene rings is 1. The summed E-state index contributed by atoms with van der Waals surface area (Å²) in [4.78, 5) is 36.2. The van der Waals surface area contributed by atoms with Gasteiger partial charge in [0.05, 0.1) is 0 Å². The Hall–Kier alpha value is -1.77. The Labute approximate surface area is 126 Å². The highest BCUT2D eigenvalue weighted by Gasteiger charge is 2.15. The zero-order chi connectivity index (χ0) is 15.8. The quantitative estimate of drug-likeness (QED) is 0.631. The molecule has 0 fully saturated rings. The molecule has 0 aliphatic heterocycles. The van der Waals surface area contributed by atoms with E-state index in [-0.39, 0.29) is 17.3 Å². The first-order valence-corrected chi connectivity index (χ1v) is 7.70. The van der Waals surface area contributed by atoms with Gasteiger partial charge in [0.1, 0.15) is 0 Å². The van der Waals surface area contributed by atoms with Gasteiger partial charge in [0.15, 0.2) is 17.3 Å². The molecule has 0 saturated carbocycles. The van der Waals surface area contributed by atoms with Crippen LogP contribution in [-0.4, -0.2) is 17.3 Å². The lowest BCUT2D eigenvalue weighted by Gasteiger charge is -2.07. The smallest absolute Gasteiger partial charge is 0.163 e. The number of rotatable bonds is 9. The molecule has 0 aromatic heterocycles. The first-order chi connectivity index (χ1) is 10.0. The Bertz CT molecular complexity index is 441. The van der Waals surface area contributed by atoms with Crippen molar-refractivity contribution in [3.05, 3.63) is 34.9 Å².